The number of hydrogen-bond donors (Lipinski definition) is 2. The van der Waals surface area contributed by atoms with Crippen molar-refractivity contribution in [3.05, 3.63) is 29.3 Å². The van der Waals surface area contributed by atoms with E-state index in [1.807, 2.05) is 0 Å². The smallest absolute Gasteiger partial charge is 0.191 e. The Labute approximate surface area is 197 Å². The summed E-state index contributed by atoms with van der Waals surface area (Å²) < 4.78 is 17.2. The highest BCUT2D eigenvalue weighted by Gasteiger charge is 2.23. The highest BCUT2D eigenvalue weighted by molar-refractivity contribution is 14.0. The van der Waals surface area contributed by atoms with E-state index in [1.54, 1.807) is 7.05 Å². The Morgan fingerprint density at radius 3 is 2.77 bits per heavy atom. The number of morpholine rings is 1. The summed E-state index contributed by atoms with van der Waals surface area (Å²) >= 11 is 0. The van der Waals surface area contributed by atoms with E-state index in [-0.39, 0.29) is 30.1 Å². The minimum atomic E-state index is 0. The van der Waals surface area contributed by atoms with Crippen LogP contribution in [0.25, 0.3) is 0 Å². The standard InChI is InChI=1S/C22H36N4O3.HI/c1-16-5-6-19(21(11-16)29-20-7-9-27-15-20)13-25-22(23-4)24-12-17(2)26-8-10-28-14-18(26)3;/h5-6,11,17-18,20H,7-10,12-15H2,1-4H3,(H2,23,24,25);1H. The van der Waals surface area contributed by atoms with Gasteiger partial charge in [-0.3, -0.25) is 9.89 Å². The summed E-state index contributed by atoms with van der Waals surface area (Å²) in [4.78, 5) is 6.87. The molecular weight excluding hydrogens is 495 g/mol. The van der Waals surface area contributed by atoms with Gasteiger partial charge in [0.1, 0.15) is 11.9 Å². The Balaban J connectivity index is 0.00000320. The highest BCUT2D eigenvalue weighted by Crippen LogP contribution is 2.23. The topological polar surface area (TPSA) is 67.4 Å². The molecule has 0 spiro atoms. The van der Waals surface area contributed by atoms with Crippen LogP contribution in [0.1, 0.15) is 31.4 Å². The van der Waals surface area contributed by atoms with Crippen molar-refractivity contribution >= 4 is 29.9 Å². The van der Waals surface area contributed by atoms with E-state index in [9.17, 15) is 0 Å². The third-order valence-corrected chi connectivity index (χ3v) is 5.62. The lowest BCUT2D eigenvalue weighted by molar-refractivity contribution is -0.0174. The van der Waals surface area contributed by atoms with E-state index in [1.165, 1.54) is 5.56 Å². The van der Waals surface area contributed by atoms with Crippen molar-refractivity contribution in [2.45, 2.75) is 51.9 Å². The van der Waals surface area contributed by atoms with Crippen molar-refractivity contribution in [2.75, 3.05) is 46.6 Å². The summed E-state index contributed by atoms with van der Waals surface area (Å²) in [6, 6.07) is 7.20. The number of aryl methyl sites for hydroxylation is 1. The summed E-state index contributed by atoms with van der Waals surface area (Å²) in [5, 5.41) is 6.88. The molecule has 3 unspecified atom stereocenters. The van der Waals surface area contributed by atoms with Gasteiger partial charge in [0.05, 0.1) is 26.4 Å². The number of ether oxygens (including phenoxy) is 3. The number of rotatable bonds is 7. The Bertz CT molecular complexity index is 682. The fourth-order valence-corrected chi connectivity index (χ4v) is 3.86. The quantitative estimate of drug-likeness (QED) is 0.320. The molecule has 170 valence electrons. The van der Waals surface area contributed by atoms with Crippen LogP contribution in [0.15, 0.2) is 23.2 Å². The number of nitrogens with zero attached hydrogens (tertiary/aromatic N) is 2. The number of guanidine groups is 1. The predicted molar refractivity (Wildman–Crippen MR) is 131 cm³/mol. The van der Waals surface area contributed by atoms with Gasteiger partial charge in [0.15, 0.2) is 5.96 Å². The number of hydrogen-bond acceptors (Lipinski definition) is 5. The summed E-state index contributed by atoms with van der Waals surface area (Å²) in [6.07, 6.45) is 1.09. The minimum Gasteiger partial charge on any atom is -0.488 e. The van der Waals surface area contributed by atoms with Crippen LogP contribution in [0.4, 0.5) is 0 Å². The van der Waals surface area contributed by atoms with Gasteiger partial charge in [-0.1, -0.05) is 12.1 Å². The molecule has 2 N–H and O–H groups in total. The van der Waals surface area contributed by atoms with Crippen LogP contribution in [0, 0.1) is 6.92 Å². The molecule has 2 saturated heterocycles. The molecule has 1 aromatic rings. The Kier molecular flexibility index (Phi) is 10.6. The average Bonchev–Trinajstić information content (AvgIpc) is 3.22. The number of benzene rings is 1. The first-order valence-corrected chi connectivity index (χ1v) is 10.7. The van der Waals surface area contributed by atoms with Gasteiger partial charge in [-0.2, -0.15) is 0 Å². The van der Waals surface area contributed by atoms with Crippen LogP contribution in [0.3, 0.4) is 0 Å². The number of nitrogens with one attached hydrogen (secondary N) is 2. The molecule has 0 aliphatic carbocycles. The first kappa shape index (κ1) is 25.2. The molecule has 30 heavy (non-hydrogen) atoms. The first-order valence-electron chi connectivity index (χ1n) is 10.7. The Morgan fingerprint density at radius 1 is 1.27 bits per heavy atom. The van der Waals surface area contributed by atoms with Crippen LogP contribution < -0.4 is 15.4 Å². The van der Waals surface area contributed by atoms with Gasteiger partial charge in [-0.15, -0.1) is 24.0 Å². The molecule has 1 aromatic carbocycles. The molecule has 2 aliphatic rings. The third kappa shape index (κ3) is 7.25. The molecule has 8 heteroatoms. The molecule has 7 nitrogen and oxygen atoms in total. The fraction of sp³-hybridized carbons (Fsp3) is 0.682. The molecule has 0 amide bonds. The monoisotopic (exact) mass is 532 g/mol. The second-order valence-electron chi connectivity index (χ2n) is 8.03. The van der Waals surface area contributed by atoms with Crippen molar-refractivity contribution in [1.82, 2.24) is 15.5 Å². The van der Waals surface area contributed by atoms with E-state index in [0.29, 0.717) is 25.2 Å². The molecule has 2 heterocycles. The fourth-order valence-electron chi connectivity index (χ4n) is 3.86. The predicted octanol–water partition coefficient (Wildman–Crippen LogP) is 2.55. The van der Waals surface area contributed by atoms with Gasteiger partial charge in [0.25, 0.3) is 0 Å². The van der Waals surface area contributed by atoms with E-state index >= 15 is 0 Å². The number of aliphatic imine (C=N–C) groups is 1. The van der Waals surface area contributed by atoms with Crippen molar-refractivity contribution in [3.8, 4) is 5.75 Å². The van der Waals surface area contributed by atoms with Crippen LogP contribution >= 0.6 is 24.0 Å². The molecule has 3 rings (SSSR count). The van der Waals surface area contributed by atoms with Gasteiger partial charge in [-0.25, -0.2) is 0 Å². The second-order valence-corrected chi connectivity index (χ2v) is 8.03. The largest absolute Gasteiger partial charge is 0.488 e. The first-order chi connectivity index (χ1) is 14.1. The Morgan fingerprint density at radius 2 is 2.07 bits per heavy atom. The Hall–Kier alpha value is -1.10. The van der Waals surface area contributed by atoms with Crippen LogP contribution in [0.2, 0.25) is 0 Å². The van der Waals surface area contributed by atoms with Gasteiger partial charge in [0, 0.05) is 50.7 Å². The van der Waals surface area contributed by atoms with Crippen molar-refractivity contribution in [2.24, 2.45) is 4.99 Å². The highest BCUT2D eigenvalue weighted by atomic mass is 127. The van der Waals surface area contributed by atoms with Crippen LogP contribution in [-0.4, -0.2) is 75.6 Å². The maximum Gasteiger partial charge on any atom is 0.191 e. The molecule has 0 saturated carbocycles. The lowest BCUT2D eigenvalue weighted by Gasteiger charge is -2.38. The zero-order valence-electron chi connectivity index (χ0n) is 18.6. The molecule has 0 bridgehead atoms. The van der Waals surface area contributed by atoms with Crippen molar-refractivity contribution in [3.63, 3.8) is 0 Å². The van der Waals surface area contributed by atoms with E-state index in [4.69, 9.17) is 14.2 Å². The summed E-state index contributed by atoms with van der Waals surface area (Å²) in [7, 11) is 1.81. The summed E-state index contributed by atoms with van der Waals surface area (Å²) in [5.41, 5.74) is 2.32. The maximum absolute atomic E-state index is 6.20. The third-order valence-electron chi connectivity index (χ3n) is 5.62. The summed E-state index contributed by atoms with van der Waals surface area (Å²) in [5.74, 6) is 1.73. The SMILES string of the molecule is CN=C(NCc1ccc(C)cc1OC1CCOC1)NCC(C)N1CCOCC1C.I. The summed E-state index contributed by atoms with van der Waals surface area (Å²) in [6.45, 7) is 12.1. The zero-order valence-corrected chi connectivity index (χ0v) is 21.0. The second kappa shape index (κ2) is 12.7. The van der Waals surface area contributed by atoms with Crippen molar-refractivity contribution in [1.29, 1.82) is 0 Å². The molecule has 2 fully saturated rings. The molecule has 3 atom stereocenters. The van der Waals surface area contributed by atoms with Gasteiger partial charge < -0.3 is 24.8 Å². The van der Waals surface area contributed by atoms with E-state index in [2.05, 4.69) is 59.5 Å². The number of halogens is 1. The van der Waals surface area contributed by atoms with Crippen molar-refractivity contribution < 1.29 is 14.2 Å². The molecule has 0 aromatic heterocycles. The molecular formula is C22H37IN4O3. The zero-order chi connectivity index (χ0) is 20.6. The molecule has 2 aliphatic heterocycles. The van der Waals surface area contributed by atoms with Gasteiger partial charge in [-0.05, 0) is 32.4 Å². The van der Waals surface area contributed by atoms with Crippen LogP contribution in [-0.2, 0) is 16.0 Å². The normalized spacial score (nSPS) is 23.5. The van der Waals surface area contributed by atoms with E-state index in [0.717, 1.165) is 56.6 Å². The lowest BCUT2D eigenvalue weighted by Crippen LogP contribution is -2.52. The average molecular weight is 532 g/mol. The van der Waals surface area contributed by atoms with Gasteiger partial charge in [0.2, 0.25) is 0 Å². The van der Waals surface area contributed by atoms with E-state index < -0.39 is 0 Å². The maximum atomic E-state index is 6.20. The minimum absolute atomic E-state index is 0. The van der Waals surface area contributed by atoms with Crippen LogP contribution in [0.5, 0.6) is 5.75 Å². The molecule has 0 radical (unpaired) electrons. The van der Waals surface area contributed by atoms with Gasteiger partial charge >= 0.3 is 0 Å². The lowest BCUT2D eigenvalue weighted by atomic mass is 10.1.